The van der Waals surface area contributed by atoms with Gasteiger partial charge < -0.3 is 15.4 Å². The number of anilines is 1. The minimum absolute atomic E-state index is 0.270. The molecule has 3 heteroatoms. The molecule has 0 saturated carbocycles. The third-order valence-corrected chi connectivity index (χ3v) is 4.03. The van der Waals surface area contributed by atoms with E-state index in [-0.39, 0.29) is 6.04 Å². The molecular formula is C16H26N2O. The number of rotatable bonds is 4. The van der Waals surface area contributed by atoms with E-state index >= 15 is 0 Å². The number of ether oxygens (including phenoxy) is 1. The third kappa shape index (κ3) is 3.48. The van der Waals surface area contributed by atoms with Gasteiger partial charge in [0.25, 0.3) is 0 Å². The maximum atomic E-state index is 6.05. The Kier molecular flexibility index (Phi) is 4.83. The lowest BCUT2D eigenvalue weighted by Crippen LogP contribution is -2.43. The first kappa shape index (κ1) is 14.4. The number of morpholine rings is 1. The highest BCUT2D eigenvalue weighted by atomic mass is 16.5. The first-order chi connectivity index (χ1) is 9.11. The number of hydrogen-bond donors (Lipinski definition) is 1. The Morgan fingerprint density at radius 3 is 2.89 bits per heavy atom. The topological polar surface area (TPSA) is 38.5 Å². The van der Waals surface area contributed by atoms with E-state index in [1.165, 1.54) is 16.8 Å². The van der Waals surface area contributed by atoms with Crippen LogP contribution in [-0.2, 0) is 11.2 Å². The predicted molar refractivity (Wildman–Crippen MR) is 80.8 cm³/mol. The lowest BCUT2D eigenvalue weighted by molar-refractivity contribution is 0.0989. The summed E-state index contributed by atoms with van der Waals surface area (Å²) in [5.41, 5.74) is 10.1. The Morgan fingerprint density at radius 1 is 1.47 bits per heavy atom. The number of hydrogen-bond acceptors (Lipinski definition) is 3. The highest BCUT2D eigenvalue weighted by Crippen LogP contribution is 2.23. The van der Waals surface area contributed by atoms with Crippen LogP contribution in [-0.4, -0.2) is 31.8 Å². The van der Waals surface area contributed by atoms with E-state index in [1.54, 1.807) is 0 Å². The molecule has 1 saturated heterocycles. The Labute approximate surface area is 116 Å². The van der Waals surface area contributed by atoms with Crippen molar-refractivity contribution >= 4 is 5.69 Å². The predicted octanol–water partition coefficient (Wildman–Crippen LogP) is 2.50. The maximum absolute atomic E-state index is 6.05. The number of nitrogens with two attached hydrogens (primary N) is 1. The minimum Gasteiger partial charge on any atom is -0.377 e. The quantitative estimate of drug-likeness (QED) is 0.906. The van der Waals surface area contributed by atoms with Crippen LogP contribution < -0.4 is 10.6 Å². The Bertz CT molecular complexity index is 419. The molecule has 1 aromatic rings. The Morgan fingerprint density at radius 2 is 2.26 bits per heavy atom. The lowest BCUT2D eigenvalue weighted by atomic mass is 9.99. The van der Waals surface area contributed by atoms with Gasteiger partial charge in [0.15, 0.2) is 0 Å². The van der Waals surface area contributed by atoms with Crippen LogP contribution in [0.25, 0.3) is 0 Å². The van der Waals surface area contributed by atoms with Gasteiger partial charge in [0.1, 0.15) is 0 Å². The molecule has 2 atom stereocenters. The molecule has 2 unspecified atom stereocenters. The zero-order valence-corrected chi connectivity index (χ0v) is 12.4. The summed E-state index contributed by atoms with van der Waals surface area (Å²) in [6, 6.07) is 7.48. The fourth-order valence-electron chi connectivity index (χ4n) is 2.63. The fraction of sp³-hybridized carbons (Fsp3) is 0.625. The van der Waals surface area contributed by atoms with E-state index in [9.17, 15) is 0 Å². The fourth-order valence-corrected chi connectivity index (χ4v) is 2.63. The smallest absolute Gasteiger partial charge is 0.0668 e. The molecule has 1 fully saturated rings. The zero-order chi connectivity index (χ0) is 13.8. The van der Waals surface area contributed by atoms with E-state index in [4.69, 9.17) is 10.5 Å². The van der Waals surface area contributed by atoms with E-state index in [0.29, 0.717) is 6.04 Å². The first-order valence-electron chi connectivity index (χ1n) is 7.31. The third-order valence-electron chi connectivity index (χ3n) is 4.03. The van der Waals surface area contributed by atoms with Gasteiger partial charge in [-0.15, -0.1) is 0 Å². The van der Waals surface area contributed by atoms with Gasteiger partial charge in [-0.1, -0.05) is 13.0 Å². The molecule has 1 heterocycles. The largest absolute Gasteiger partial charge is 0.377 e. The summed E-state index contributed by atoms with van der Waals surface area (Å²) in [7, 11) is 0. The molecule has 106 valence electrons. The van der Waals surface area contributed by atoms with Crippen molar-refractivity contribution < 1.29 is 4.74 Å². The summed E-state index contributed by atoms with van der Waals surface area (Å²) in [5.74, 6) is 0. The second-order valence-corrected chi connectivity index (χ2v) is 5.60. The van der Waals surface area contributed by atoms with Crippen molar-refractivity contribution in [2.24, 2.45) is 5.73 Å². The van der Waals surface area contributed by atoms with Gasteiger partial charge in [-0.05, 0) is 49.9 Å². The molecule has 19 heavy (non-hydrogen) atoms. The molecule has 0 aliphatic carbocycles. The summed E-state index contributed by atoms with van der Waals surface area (Å²) in [5, 5.41) is 0. The average molecular weight is 262 g/mol. The number of benzene rings is 1. The SMILES string of the molecule is CCC(N)Cc1ccc(N2CCOCC2C)cc1C. The van der Waals surface area contributed by atoms with Crippen LogP contribution >= 0.6 is 0 Å². The average Bonchev–Trinajstić information content (AvgIpc) is 2.41. The normalized spacial score (nSPS) is 21.5. The van der Waals surface area contributed by atoms with Crippen molar-refractivity contribution in [2.75, 3.05) is 24.7 Å². The molecule has 0 aromatic heterocycles. The van der Waals surface area contributed by atoms with Crippen LogP contribution in [0.4, 0.5) is 5.69 Å². The van der Waals surface area contributed by atoms with Gasteiger partial charge in [-0.25, -0.2) is 0 Å². The molecule has 3 nitrogen and oxygen atoms in total. The second kappa shape index (κ2) is 6.40. The molecule has 0 amide bonds. The van der Waals surface area contributed by atoms with Crippen LogP contribution in [0.5, 0.6) is 0 Å². The van der Waals surface area contributed by atoms with Gasteiger partial charge in [0.2, 0.25) is 0 Å². The summed E-state index contributed by atoms with van der Waals surface area (Å²) >= 11 is 0. The van der Waals surface area contributed by atoms with Crippen molar-refractivity contribution in [1.29, 1.82) is 0 Å². The molecule has 0 spiro atoms. The van der Waals surface area contributed by atoms with Crippen molar-refractivity contribution in [3.63, 3.8) is 0 Å². The van der Waals surface area contributed by atoms with Gasteiger partial charge >= 0.3 is 0 Å². The highest BCUT2D eigenvalue weighted by molar-refractivity contribution is 5.52. The van der Waals surface area contributed by atoms with Crippen molar-refractivity contribution in [1.82, 2.24) is 0 Å². The summed E-state index contributed by atoms with van der Waals surface area (Å²) < 4.78 is 5.50. The van der Waals surface area contributed by atoms with Crippen LogP contribution in [0, 0.1) is 6.92 Å². The van der Waals surface area contributed by atoms with Crippen LogP contribution in [0.3, 0.4) is 0 Å². The van der Waals surface area contributed by atoms with E-state index in [1.807, 2.05) is 0 Å². The summed E-state index contributed by atoms with van der Waals surface area (Å²) in [6.07, 6.45) is 2.00. The molecule has 0 bridgehead atoms. The van der Waals surface area contributed by atoms with Crippen molar-refractivity contribution in [3.8, 4) is 0 Å². The number of nitrogens with zero attached hydrogens (tertiary/aromatic N) is 1. The molecule has 2 rings (SSSR count). The van der Waals surface area contributed by atoms with Crippen molar-refractivity contribution in [2.45, 2.75) is 45.7 Å². The van der Waals surface area contributed by atoms with Crippen LogP contribution in [0.2, 0.25) is 0 Å². The van der Waals surface area contributed by atoms with Crippen LogP contribution in [0.1, 0.15) is 31.4 Å². The summed E-state index contributed by atoms with van der Waals surface area (Å²) in [6.45, 7) is 9.17. The monoisotopic (exact) mass is 262 g/mol. The molecule has 2 N–H and O–H groups in total. The van der Waals surface area contributed by atoms with E-state index < -0.39 is 0 Å². The molecule has 1 aromatic carbocycles. The van der Waals surface area contributed by atoms with Gasteiger partial charge in [0.05, 0.1) is 13.2 Å². The maximum Gasteiger partial charge on any atom is 0.0668 e. The van der Waals surface area contributed by atoms with E-state index in [2.05, 4.69) is 43.9 Å². The minimum atomic E-state index is 0.270. The first-order valence-corrected chi connectivity index (χ1v) is 7.31. The molecule has 0 radical (unpaired) electrons. The standard InChI is InChI=1S/C16H26N2O/c1-4-15(17)10-14-5-6-16(9-12(14)2)18-7-8-19-11-13(18)3/h5-6,9,13,15H,4,7-8,10-11,17H2,1-3H3. The molecule has 1 aliphatic heterocycles. The zero-order valence-electron chi connectivity index (χ0n) is 12.4. The van der Waals surface area contributed by atoms with Crippen LogP contribution in [0.15, 0.2) is 18.2 Å². The van der Waals surface area contributed by atoms with Gasteiger partial charge in [-0.3, -0.25) is 0 Å². The Hall–Kier alpha value is -1.06. The number of aryl methyl sites for hydroxylation is 1. The van der Waals surface area contributed by atoms with Gasteiger partial charge in [0, 0.05) is 24.3 Å². The second-order valence-electron chi connectivity index (χ2n) is 5.60. The lowest BCUT2D eigenvalue weighted by Gasteiger charge is -2.35. The van der Waals surface area contributed by atoms with Gasteiger partial charge in [-0.2, -0.15) is 0 Å². The molecule has 1 aliphatic rings. The summed E-state index contributed by atoms with van der Waals surface area (Å²) in [4.78, 5) is 2.43. The molecular weight excluding hydrogens is 236 g/mol. The Balaban J connectivity index is 2.13. The van der Waals surface area contributed by atoms with E-state index in [0.717, 1.165) is 32.6 Å². The van der Waals surface area contributed by atoms with Crippen molar-refractivity contribution in [3.05, 3.63) is 29.3 Å². The highest BCUT2D eigenvalue weighted by Gasteiger charge is 2.19.